The Morgan fingerprint density at radius 3 is 2.71 bits per heavy atom. The minimum atomic E-state index is 0.132. The first-order valence-electron chi connectivity index (χ1n) is 8.18. The van der Waals surface area contributed by atoms with Crippen LogP contribution in [0.4, 0.5) is 5.69 Å². The van der Waals surface area contributed by atoms with Gasteiger partial charge in [-0.3, -0.25) is 0 Å². The lowest BCUT2D eigenvalue weighted by atomic mass is 10.0. The summed E-state index contributed by atoms with van der Waals surface area (Å²) in [5, 5.41) is 7.29. The molecule has 2 aromatic rings. The van der Waals surface area contributed by atoms with Gasteiger partial charge in [0.25, 0.3) is 0 Å². The van der Waals surface area contributed by atoms with Gasteiger partial charge >= 0.3 is 0 Å². The minimum absolute atomic E-state index is 0.132. The summed E-state index contributed by atoms with van der Waals surface area (Å²) in [6.07, 6.45) is 0.987. The second-order valence-electron chi connectivity index (χ2n) is 6.27. The van der Waals surface area contributed by atoms with Gasteiger partial charge in [0.1, 0.15) is 13.1 Å². The number of nitrogens with two attached hydrogens (primary N) is 1. The van der Waals surface area contributed by atoms with Crippen molar-refractivity contribution in [1.82, 2.24) is 0 Å². The molecule has 0 amide bonds. The molecular weight excluding hydrogens is 322 g/mol. The standard InChI is InChI=1S/C19H22ClN3O/c1-23(2)17-8-6-15(7-9-17)19-11-18(24-22-19)13-21-12-14-4-3-5-16(20)10-14/h3-10,18,21H,11-13H2,1-2H3/p+1/t18-/m1/s1. The number of oxime groups is 1. The van der Waals surface area contributed by atoms with Crippen molar-refractivity contribution < 1.29 is 10.2 Å². The normalized spacial score (nSPS) is 16.6. The van der Waals surface area contributed by atoms with Gasteiger partial charge in [0.2, 0.25) is 0 Å². The Hall–Kier alpha value is -2.04. The van der Waals surface area contributed by atoms with Gasteiger partial charge in [-0.15, -0.1) is 0 Å². The molecule has 0 spiro atoms. The van der Waals surface area contributed by atoms with Crippen LogP contribution < -0.4 is 10.2 Å². The van der Waals surface area contributed by atoms with E-state index in [2.05, 4.69) is 45.7 Å². The fraction of sp³-hybridized carbons (Fsp3) is 0.316. The second-order valence-corrected chi connectivity index (χ2v) is 6.71. The van der Waals surface area contributed by atoms with Crippen molar-refractivity contribution in [3.63, 3.8) is 0 Å². The van der Waals surface area contributed by atoms with Gasteiger partial charge in [-0.05, 0) is 29.8 Å². The summed E-state index contributed by atoms with van der Waals surface area (Å²) in [4.78, 5) is 7.67. The smallest absolute Gasteiger partial charge is 0.181 e. The van der Waals surface area contributed by atoms with Crippen LogP contribution in [-0.2, 0) is 11.4 Å². The van der Waals surface area contributed by atoms with Crippen LogP contribution in [0, 0.1) is 0 Å². The summed E-state index contributed by atoms with van der Waals surface area (Å²) in [6, 6.07) is 16.4. The van der Waals surface area contributed by atoms with Crippen molar-refractivity contribution in [2.24, 2.45) is 5.16 Å². The van der Waals surface area contributed by atoms with Crippen LogP contribution in [0.5, 0.6) is 0 Å². The zero-order chi connectivity index (χ0) is 16.9. The molecule has 0 unspecified atom stereocenters. The van der Waals surface area contributed by atoms with Gasteiger partial charge in [-0.25, -0.2) is 0 Å². The lowest BCUT2D eigenvalue weighted by Gasteiger charge is -2.12. The molecule has 0 radical (unpaired) electrons. The Morgan fingerprint density at radius 1 is 1.21 bits per heavy atom. The van der Waals surface area contributed by atoms with Gasteiger partial charge in [0.15, 0.2) is 6.10 Å². The third-order valence-corrected chi connectivity index (χ3v) is 4.38. The quantitative estimate of drug-likeness (QED) is 0.875. The first kappa shape index (κ1) is 16.8. The summed E-state index contributed by atoms with van der Waals surface area (Å²) >= 11 is 6.01. The van der Waals surface area contributed by atoms with Gasteiger partial charge < -0.3 is 15.1 Å². The molecule has 0 aliphatic carbocycles. The molecule has 0 saturated heterocycles. The van der Waals surface area contributed by atoms with E-state index in [0.29, 0.717) is 0 Å². The highest BCUT2D eigenvalue weighted by Crippen LogP contribution is 2.19. The molecule has 24 heavy (non-hydrogen) atoms. The maximum Gasteiger partial charge on any atom is 0.181 e. The van der Waals surface area contributed by atoms with Crippen molar-refractivity contribution in [3.8, 4) is 0 Å². The predicted octanol–water partition coefficient (Wildman–Crippen LogP) is 2.66. The summed E-state index contributed by atoms with van der Waals surface area (Å²) in [7, 11) is 4.08. The molecule has 2 N–H and O–H groups in total. The van der Waals surface area contributed by atoms with E-state index in [0.717, 1.165) is 35.8 Å². The first-order valence-corrected chi connectivity index (χ1v) is 8.56. The van der Waals surface area contributed by atoms with Crippen LogP contribution in [0.3, 0.4) is 0 Å². The fourth-order valence-corrected chi connectivity index (χ4v) is 2.99. The van der Waals surface area contributed by atoms with Gasteiger partial charge in [0, 0.05) is 36.8 Å². The highest BCUT2D eigenvalue weighted by Gasteiger charge is 2.23. The van der Waals surface area contributed by atoms with Crippen molar-refractivity contribution in [3.05, 3.63) is 64.7 Å². The van der Waals surface area contributed by atoms with Crippen LogP contribution in [-0.4, -0.2) is 32.5 Å². The molecule has 1 atom stereocenters. The third kappa shape index (κ3) is 4.28. The number of hydrogen-bond donors (Lipinski definition) is 1. The number of nitrogens with zero attached hydrogens (tertiary/aromatic N) is 2. The maximum absolute atomic E-state index is 6.01. The largest absolute Gasteiger partial charge is 0.386 e. The Morgan fingerprint density at radius 2 is 2.00 bits per heavy atom. The summed E-state index contributed by atoms with van der Waals surface area (Å²) in [5.74, 6) is 0. The van der Waals surface area contributed by atoms with Crippen LogP contribution in [0.2, 0.25) is 5.02 Å². The summed E-state index contributed by atoms with van der Waals surface area (Å²) in [6.45, 7) is 1.78. The SMILES string of the molecule is CN(C)c1ccc(C2=NO[C@@H](C[NH2+]Cc3cccc(Cl)c3)C2)cc1. The Bertz CT molecular complexity index is 713. The van der Waals surface area contributed by atoms with Crippen molar-refractivity contribution in [2.45, 2.75) is 19.1 Å². The van der Waals surface area contributed by atoms with E-state index in [1.165, 1.54) is 11.3 Å². The van der Waals surface area contributed by atoms with Gasteiger partial charge in [0.05, 0.1) is 5.71 Å². The number of halogens is 1. The molecule has 0 fully saturated rings. The lowest BCUT2D eigenvalue weighted by molar-refractivity contribution is -0.676. The Balaban J connectivity index is 1.48. The second kappa shape index (κ2) is 7.69. The number of hydrogen-bond acceptors (Lipinski definition) is 3. The summed E-state index contributed by atoms with van der Waals surface area (Å²) in [5.41, 5.74) is 4.57. The Labute approximate surface area is 148 Å². The van der Waals surface area contributed by atoms with E-state index in [1.54, 1.807) is 0 Å². The number of benzene rings is 2. The topological polar surface area (TPSA) is 41.4 Å². The van der Waals surface area contributed by atoms with Crippen molar-refractivity contribution >= 4 is 23.0 Å². The third-order valence-electron chi connectivity index (χ3n) is 4.15. The average molecular weight is 345 g/mol. The molecule has 1 aliphatic heterocycles. The molecule has 126 valence electrons. The zero-order valence-corrected chi connectivity index (χ0v) is 14.8. The molecule has 1 heterocycles. The zero-order valence-electron chi connectivity index (χ0n) is 14.1. The van der Waals surface area contributed by atoms with E-state index in [4.69, 9.17) is 16.4 Å². The van der Waals surface area contributed by atoms with E-state index in [9.17, 15) is 0 Å². The highest BCUT2D eigenvalue weighted by molar-refractivity contribution is 6.30. The van der Waals surface area contributed by atoms with Gasteiger partial charge in [-0.1, -0.05) is 41.0 Å². The van der Waals surface area contributed by atoms with Gasteiger partial charge in [-0.2, -0.15) is 0 Å². The highest BCUT2D eigenvalue weighted by atomic mass is 35.5. The van der Waals surface area contributed by atoms with E-state index < -0.39 is 0 Å². The van der Waals surface area contributed by atoms with Crippen LogP contribution in [0.15, 0.2) is 53.7 Å². The lowest BCUT2D eigenvalue weighted by Crippen LogP contribution is -2.84. The minimum Gasteiger partial charge on any atom is -0.386 e. The van der Waals surface area contributed by atoms with E-state index >= 15 is 0 Å². The molecule has 3 rings (SSSR count). The molecule has 4 nitrogen and oxygen atoms in total. The fourth-order valence-electron chi connectivity index (χ4n) is 2.78. The van der Waals surface area contributed by atoms with Crippen LogP contribution >= 0.6 is 11.6 Å². The molecular formula is C19H23ClN3O+. The summed E-state index contributed by atoms with van der Waals surface area (Å²) < 4.78 is 0. The first-order chi connectivity index (χ1) is 11.6. The Kier molecular flexibility index (Phi) is 5.38. The number of rotatable bonds is 6. The molecule has 0 aromatic heterocycles. The molecule has 0 bridgehead atoms. The van der Waals surface area contributed by atoms with Crippen LogP contribution in [0.1, 0.15) is 17.5 Å². The molecule has 0 saturated carbocycles. The van der Waals surface area contributed by atoms with E-state index in [-0.39, 0.29) is 6.10 Å². The van der Waals surface area contributed by atoms with E-state index in [1.807, 2.05) is 32.3 Å². The average Bonchev–Trinajstić information content (AvgIpc) is 3.04. The monoisotopic (exact) mass is 344 g/mol. The number of anilines is 1. The number of quaternary nitrogens is 1. The van der Waals surface area contributed by atoms with Crippen molar-refractivity contribution in [1.29, 1.82) is 0 Å². The molecule has 1 aliphatic rings. The molecule has 2 aromatic carbocycles. The maximum atomic E-state index is 6.01. The molecule has 5 heteroatoms. The van der Waals surface area contributed by atoms with Crippen molar-refractivity contribution in [2.75, 3.05) is 25.5 Å². The predicted molar refractivity (Wildman–Crippen MR) is 98.7 cm³/mol. The van der Waals surface area contributed by atoms with Crippen LogP contribution in [0.25, 0.3) is 0 Å².